The summed E-state index contributed by atoms with van der Waals surface area (Å²) in [4.78, 5) is 4.16. The highest BCUT2D eigenvalue weighted by Gasteiger charge is 2.06. The Bertz CT molecular complexity index is 500. The molecule has 0 aliphatic rings. The molecule has 100 valence electrons. The molecule has 0 spiro atoms. The number of ether oxygens (including phenoxy) is 1. The maximum absolute atomic E-state index is 9.55. The highest BCUT2D eigenvalue weighted by Crippen LogP contribution is 2.25. The third kappa shape index (κ3) is 3.55. The molecule has 3 heteroatoms. The summed E-state index contributed by atoms with van der Waals surface area (Å²) in [7, 11) is 0. The van der Waals surface area contributed by atoms with Crippen LogP contribution >= 0.6 is 0 Å². The van der Waals surface area contributed by atoms with Gasteiger partial charge in [0, 0.05) is 12.3 Å². The van der Waals surface area contributed by atoms with E-state index < -0.39 is 6.10 Å². The Morgan fingerprint density at radius 3 is 2.53 bits per heavy atom. The predicted octanol–water partition coefficient (Wildman–Crippen LogP) is 4.05. The first-order valence-corrected chi connectivity index (χ1v) is 6.48. The van der Waals surface area contributed by atoms with Crippen LogP contribution in [0.3, 0.4) is 0 Å². The Labute approximate surface area is 113 Å². The quantitative estimate of drug-likeness (QED) is 0.898. The normalized spacial score (nSPS) is 12.5. The smallest absolute Gasteiger partial charge is 0.219 e. The lowest BCUT2D eigenvalue weighted by Crippen LogP contribution is -1.95. The van der Waals surface area contributed by atoms with Crippen LogP contribution in [-0.4, -0.2) is 10.1 Å². The van der Waals surface area contributed by atoms with Gasteiger partial charge in [0.25, 0.3) is 0 Å². The van der Waals surface area contributed by atoms with Gasteiger partial charge < -0.3 is 9.84 Å². The van der Waals surface area contributed by atoms with Crippen LogP contribution in [-0.2, 0) is 0 Å². The third-order valence-corrected chi connectivity index (χ3v) is 2.99. The molecular formula is C16H19NO2. The molecule has 1 heterocycles. The minimum Gasteiger partial charge on any atom is -0.439 e. The maximum Gasteiger partial charge on any atom is 0.219 e. The molecule has 3 nitrogen and oxygen atoms in total. The van der Waals surface area contributed by atoms with Crippen molar-refractivity contribution in [2.45, 2.75) is 32.8 Å². The topological polar surface area (TPSA) is 42.4 Å². The van der Waals surface area contributed by atoms with E-state index in [-0.39, 0.29) is 0 Å². The largest absolute Gasteiger partial charge is 0.439 e. The Hall–Kier alpha value is -1.87. The van der Waals surface area contributed by atoms with Gasteiger partial charge in [-0.3, -0.25) is 0 Å². The van der Waals surface area contributed by atoms with Crippen molar-refractivity contribution in [1.82, 2.24) is 4.98 Å². The molecule has 0 saturated carbocycles. The molecule has 1 N–H and O–H groups in total. The van der Waals surface area contributed by atoms with Crippen LogP contribution in [0, 0.1) is 0 Å². The molecule has 1 atom stereocenters. The fraction of sp³-hybridized carbons (Fsp3) is 0.312. The fourth-order valence-corrected chi connectivity index (χ4v) is 1.80. The van der Waals surface area contributed by atoms with Gasteiger partial charge in [-0.25, -0.2) is 4.98 Å². The summed E-state index contributed by atoms with van der Waals surface area (Å²) < 4.78 is 5.74. The van der Waals surface area contributed by atoms with Gasteiger partial charge in [0.05, 0.1) is 6.10 Å². The van der Waals surface area contributed by atoms with Crippen molar-refractivity contribution in [2.75, 3.05) is 0 Å². The molecule has 0 radical (unpaired) electrons. The SMILES string of the molecule is CC(C)c1cccc(Oc2cc(C(C)O)ccn2)c1. The van der Waals surface area contributed by atoms with E-state index in [1.54, 1.807) is 25.3 Å². The van der Waals surface area contributed by atoms with E-state index in [9.17, 15) is 5.11 Å². The highest BCUT2D eigenvalue weighted by molar-refractivity contribution is 5.34. The molecule has 2 rings (SSSR count). The van der Waals surface area contributed by atoms with Crippen LogP contribution in [0.5, 0.6) is 11.6 Å². The van der Waals surface area contributed by atoms with Gasteiger partial charge in [0.2, 0.25) is 5.88 Å². The van der Waals surface area contributed by atoms with E-state index in [2.05, 4.69) is 24.9 Å². The van der Waals surface area contributed by atoms with Crippen molar-refractivity contribution in [3.05, 3.63) is 53.7 Å². The van der Waals surface area contributed by atoms with Crippen LogP contribution in [0.2, 0.25) is 0 Å². The van der Waals surface area contributed by atoms with Gasteiger partial charge in [0.1, 0.15) is 5.75 Å². The van der Waals surface area contributed by atoms with Crippen molar-refractivity contribution >= 4 is 0 Å². The van der Waals surface area contributed by atoms with Crippen molar-refractivity contribution < 1.29 is 9.84 Å². The molecule has 0 aliphatic carbocycles. The molecule has 0 aliphatic heterocycles. The van der Waals surface area contributed by atoms with Crippen LogP contribution in [0.4, 0.5) is 0 Å². The molecule has 0 bridgehead atoms. The van der Waals surface area contributed by atoms with Crippen LogP contribution in [0.25, 0.3) is 0 Å². The molecule has 0 amide bonds. The zero-order valence-electron chi connectivity index (χ0n) is 11.5. The summed E-state index contributed by atoms with van der Waals surface area (Å²) in [5.41, 5.74) is 2.02. The second-order valence-corrected chi connectivity index (χ2v) is 4.93. The molecule has 1 unspecified atom stereocenters. The van der Waals surface area contributed by atoms with E-state index in [0.717, 1.165) is 11.3 Å². The molecular weight excluding hydrogens is 238 g/mol. The van der Waals surface area contributed by atoms with Crippen LogP contribution in [0.15, 0.2) is 42.6 Å². The summed E-state index contributed by atoms with van der Waals surface area (Å²) in [5, 5.41) is 9.55. The lowest BCUT2D eigenvalue weighted by molar-refractivity contribution is 0.198. The standard InChI is InChI=1S/C16H19NO2/c1-11(2)13-5-4-6-15(9-13)19-16-10-14(12(3)18)7-8-17-16/h4-12,18H,1-3H3. The maximum atomic E-state index is 9.55. The van der Waals surface area contributed by atoms with Gasteiger partial charge >= 0.3 is 0 Å². The monoisotopic (exact) mass is 257 g/mol. The lowest BCUT2D eigenvalue weighted by Gasteiger charge is -2.10. The first kappa shape index (κ1) is 13.6. The van der Waals surface area contributed by atoms with Gasteiger partial charge in [-0.05, 0) is 42.2 Å². The summed E-state index contributed by atoms with van der Waals surface area (Å²) in [6.07, 6.45) is 1.12. The minimum atomic E-state index is -0.521. The summed E-state index contributed by atoms with van der Waals surface area (Å²) >= 11 is 0. The van der Waals surface area contributed by atoms with Gasteiger partial charge in [-0.2, -0.15) is 0 Å². The fourth-order valence-electron chi connectivity index (χ4n) is 1.80. The van der Waals surface area contributed by atoms with Crippen molar-refractivity contribution in [1.29, 1.82) is 0 Å². The zero-order chi connectivity index (χ0) is 13.8. The number of hydrogen-bond acceptors (Lipinski definition) is 3. The average molecular weight is 257 g/mol. The van der Waals surface area contributed by atoms with Gasteiger partial charge in [-0.1, -0.05) is 26.0 Å². The number of benzene rings is 1. The zero-order valence-corrected chi connectivity index (χ0v) is 11.5. The minimum absolute atomic E-state index is 0.459. The Balaban J connectivity index is 2.21. The summed E-state index contributed by atoms with van der Waals surface area (Å²) in [6.45, 7) is 6.01. The second-order valence-electron chi connectivity index (χ2n) is 4.93. The van der Waals surface area contributed by atoms with Crippen LogP contribution in [0.1, 0.15) is 43.9 Å². The van der Waals surface area contributed by atoms with E-state index in [1.165, 1.54) is 5.56 Å². The average Bonchev–Trinajstić information content (AvgIpc) is 2.39. The number of nitrogens with zero attached hydrogens (tertiary/aromatic N) is 1. The van der Waals surface area contributed by atoms with Gasteiger partial charge in [0.15, 0.2) is 0 Å². The second kappa shape index (κ2) is 5.85. The number of hydrogen-bond donors (Lipinski definition) is 1. The van der Waals surface area contributed by atoms with Crippen molar-refractivity contribution in [3.63, 3.8) is 0 Å². The highest BCUT2D eigenvalue weighted by atomic mass is 16.5. The molecule has 1 aromatic heterocycles. The Kier molecular flexibility index (Phi) is 4.17. The first-order valence-electron chi connectivity index (χ1n) is 6.48. The number of rotatable bonds is 4. The molecule has 19 heavy (non-hydrogen) atoms. The Morgan fingerprint density at radius 1 is 1.05 bits per heavy atom. The molecule has 0 fully saturated rings. The van der Waals surface area contributed by atoms with E-state index in [4.69, 9.17) is 4.74 Å². The van der Waals surface area contributed by atoms with Crippen molar-refractivity contribution in [2.24, 2.45) is 0 Å². The summed E-state index contributed by atoms with van der Waals surface area (Å²) in [5.74, 6) is 1.72. The van der Waals surface area contributed by atoms with Crippen molar-refractivity contribution in [3.8, 4) is 11.6 Å². The first-order chi connectivity index (χ1) is 9.06. The molecule has 0 saturated heterocycles. The third-order valence-electron chi connectivity index (χ3n) is 2.99. The number of aliphatic hydroxyl groups excluding tert-OH is 1. The lowest BCUT2D eigenvalue weighted by atomic mass is 10.0. The number of aromatic nitrogens is 1. The van der Waals surface area contributed by atoms with E-state index >= 15 is 0 Å². The number of pyridine rings is 1. The summed E-state index contributed by atoms with van der Waals surface area (Å²) in [6, 6.07) is 11.5. The number of aliphatic hydroxyl groups is 1. The molecule has 2 aromatic rings. The van der Waals surface area contributed by atoms with E-state index in [0.29, 0.717) is 11.8 Å². The van der Waals surface area contributed by atoms with E-state index in [1.807, 2.05) is 18.2 Å². The molecule has 1 aromatic carbocycles. The van der Waals surface area contributed by atoms with Gasteiger partial charge in [-0.15, -0.1) is 0 Å². The predicted molar refractivity (Wildman–Crippen MR) is 75.5 cm³/mol. The Morgan fingerprint density at radius 2 is 1.84 bits per heavy atom. The van der Waals surface area contributed by atoms with Crippen LogP contribution < -0.4 is 4.74 Å².